The number of aryl methyl sites for hydroxylation is 1. The van der Waals surface area contributed by atoms with Crippen LogP contribution in [0.25, 0.3) is 0 Å². The van der Waals surface area contributed by atoms with Gasteiger partial charge in [0.05, 0.1) is 19.4 Å². The van der Waals surface area contributed by atoms with Gasteiger partial charge in [-0.25, -0.2) is 4.98 Å². The van der Waals surface area contributed by atoms with Gasteiger partial charge in [-0.1, -0.05) is 19.1 Å². The van der Waals surface area contributed by atoms with Gasteiger partial charge in [-0.05, 0) is 17.7 Å². The van der Waals surface area contributed by atoms with E-state index in [-0.39, 0.29) is 5.91 Å². The maximum atomic E-state index is 12.1. The summed E-state index contributed by atoms with van der Waals surface area (Å²) in [7, 11) is 0. The van der Waals surface area contributed by atoms with Crippen LogP contribution in [0.2, 0.25) is 0 Å². The number of aromatic nitrogens is 2. The van der Waals surface area contributed by atoms with E-state index in [0.717, 1.165) is 50.8 Å². The second kappa shape index (κ2) is 7.39. The summed E-state index contributed by atoms with van der Waals surface area (Å²) in [6.45, 7) is 6.46. The zero-order chi connectivity index (χ0) is 16.1. The summed E-state index contributed by atoms with van der Waals surface area (Å²) in [5.41, 5.74) is 2.51. The molecule has 0 spiro atoms. The fourth-order valence-corrected chi connectivity index (χ4v) is 2.57. The lowest BCUT2D eigenvalue weighted by Gasteiger charge is -2.26. The number of hydrogen-bond donors (Lipinski definition) is 2. The maximum Gasteiger partial charge on any atom is 0.273 e. The van der Waals surface area contributed by atoms with Crippen LogP contribution in [-0.4, -0.2) is 47.1 Å². The number of benzene rings is 1. The zero-order valence-electron chi connectivity index (χ0n) is 13.3. The number of H-pyrrole nitrogens is 1. The molecule has 1 aromatic heterocycles. The summed E-state index contributed by atoms with van der Waals surface area (Å²) in [5, 5.41) is 2.88. The van der Waals surface area contributed by atoms with E-state index in [4.69, 9.17) is 4.74 Å². The van der Waals surface area contributed by atoms with E-state index in [1.54, 1.807) is 6.20 Å². The van der Waals surface area contributed by atoms with E-state index >= 15 is 0 Å². The average Bonchev–Trinajstić information content (AvgIpc) is 3.07. The third-order valence-corrected chi connectivity index (χ3v) is 3.93. The number of hydrogen-bond acceptors (Lipinski definition) is 4. The van der Waals surface area contributed by atoms with Crippen LogP contribution in [0.15, 0.2) is 30.5 Å². The van der Waals surface area contributed by atoms with Gasteiger partial charge in [-0.15, -0.1) is 0 Å². The number of anilines is 1. The molecule has 1 aromatic carbocycles. The van der Waals surface area contributed by atoms with Crippen molar-refractivity contribution in [2.75, 3.05) is 31.6 Å². The summed E-state index contributed by atoms with van der Waals surface area (Å²) < 4.78 is 5.35. The molecular weight excluding hydrogens is 292 g/mol. The number of ether oxygens (including phenoxy) is 1. The summed E-state index contributed by atoms with van der Waals surface area (Å²) in [5.74, 6) is 0.647. The van der Waals surface area contributed by atoms with E-state index in [2.05, 4.69) is 32.3 Å². The zero-order valence-corrected chi connectivity index (χ0v) is 13.3. The van der Waals surface area contributed by atoms with Gasteiger partial charge in [-0.3, -0.25) is 9.69 Å². The third-order valence-electron chi connectivity index (χ3n) is 3.93. The van der Waals surface area contributed by atoms with Gasteiger partial charge in [0.1, 0.15) is 11.5 Å². The standard InChI is InChI=1S/C17H22N4O2/c1-2-16-18-11-15(20-16)17(22)19-14-5-3-13(4-6-14)12-21-7-9-23-10-8-21/h3-6,11H,2,7-10,12H2,1H3,(H,18,20)(H,19,22). The van der Waals surface area contributed by atoms with Gasteiger partial charge < -0.3 is 15.0 Å². The monoisotopic (exact) mass is 314 g/mol. The van der Waals surface area contributed by atoms with Gasteiger partial charge in [0.15, 0.2) is 0 Å². The number of carbonyl (C=O) groups is 1. The third kappa shape index (κ3) is 4.18. The number of nitrogens with zero attached hydrogens (tertiary/aromatic N) is 2. The van der Waals surface area contributed by atoms with Crippen LogP contribution in [0.4, 0.5) is 5.69 Å². The van der Waals surface area contributed by atoms with E-state index in [9.17, 15) is 4.79 Å². The molecule has 0 saturated carbocycles. The first-order chi connectivity index (χ1) is 11.2. The summed E-state index contributed by atoms with van der Waals surface area (Å²) in [6.07, 6.45) is 2.35. The van der Waals surface area contributed by atoms with Crippen LogP contribution in [-0.2, 0) is 17.7 Å². The van der Waals surface area contributed by atoms with Gasteiger partial charge in [-0.2, -0.15) is 0 Å². The molecule has 1 aliphatic heterocycles. The Bertz CT molecular complexity index is 645. The number of nitrogens with one attached hydrogen (secondary N) is 2. The maximum absolute atomic E-state index is 12.1. The SMILES string of the molecule is CCc1ncc(C(=O)Nc2ccc(CN3CCOCC3)cc2)[nH]1. The molecule has 122 valence electrons. The molecule has 2 aromatic rings. The van der Waals surface area contributed by atoms with Crippen LogP contribution in [0.1, 0.15) is 28.8 Å². The van der Waals surface area contributed by atoms with Crippen molar-refractivity contribution in [2.24, 2.45) is 0 Å². The first kappa shape index (κ1) is 15.7. The molecule has 3 rings (SSSR count). The van der Waals surface area contributed by atoms with Crippen molar-refractivity contribution in [1.82, 2.24) is 14.9 Å². The predicted molar refractivity (Wildman–Crippen MR) is 88.5 cm³/mol. The minimum absolute atomic E-state index is 0.168. The van der Waals surface area contributed by atoms with E-state index in [1.165, 1.54) is 5.56 Å². The van der Waals surface area contributed by atoms with Crippen LogP contribution in [0.3, 0.4) is 0 Å². The average molecular weight is 314 g/mol. The Hall–Kier alpha value is -2.18. The van der Waals surface area contributed by atoms with Crippen LogP contribution in [0, 0.1) is 0 Å². The molecule has 1 amide bonds. The highest BCUT2D eigenvalue weighted by Crippen LogP contribution is 2.13. The molecule has 0 radical (unpaired) electrons. The Morgan fingerprint density at radius 2 is 2.04 bits per heavy atom. The second-order valence-electron chi connectivity index (χ2n) is 5.64. The Labute approximate surface area is 135 Å². The van der Waals surface area contributed by atoms with Crippen molar-refractivity contribution < 1.29 is 9.53 Å². The Kier molecular flexibility index (Phi) is 5.05. The summed E-state index contributed by atoms with van der Waals surface area (Å²) >= 11 is 0. The van der Waals surface area contributed by atoms with Crippen molar-refractivity contribution in [2.45, 2.75) is 19.9 Å². The van der Waals surface area contributed by atoms with E-state index < -0.39 is 0 Å². The fraction of sp³-hybridized carbons (Fsp3) is 0.412. The lowest BCUT2D eigenvalue weighted by Crippen LogP contribution is -2.35. The van der Waals surface area contributed by atoms with Crippen molar-refractivity contribution in [3.8, 4) is 0 Å². The Balaban J connectivity index is 1.57. The van der Waals surface area contributed by atoms with E-state index in [1.807, 2.05) is 19.1 Å². The molecule has 1 fully saturated rings. The molecule has 2 N–H and O–H groups in total. The number of amides is 1. The molecule has 2 heterocycles. The van der Waals surface area contributed by atoms with Gasteiger partial charge in [0.2, 0.25) is 0 Å². The molecular formula is C17H22N4O2. The molecule has 0 atom stereocenters. The minimum Gasteiger partial charge on any atom is -0.379 e. The van der Waals surface area contributed by atoms with Crippen LogP contribution >= 0.6 is 0 Å². The highest BCUT2D eigenvalue weighted by Gasteiger charge is 2.12. The van der Waals surface area contributed by atoms with Crippen molar-refractivity contribution in [1.29, 1.82) is 0 Å². The molecule has 0 bridgehead atoms. The second-order valence-corrected chi connectivity index (χ2v) is 5.64. The number of aromatic amines is 1. The molecule has 0 aliphatic carbocycles. The topological polar surface area (TPSA) is 70.2 Å². The van der Waals surface area contributed by atoms with Crippen LogP contribution < -0.4 is 5.32 Å². The summed E-state index contributed by atoms with van der Waals surface area (Å²) in [4.78, 5) is 21.7. The van der Waals surface area contributed by atoms with Gasteiger partial charge in [0.25, 0.3) is 5.91 Å². The highest BCUT2D eigenvalue weighted by molar-refractivity contribution is 6.02. The van der Waals surface area contributed by atoms with Gasteiger partial charge in [0, 0.05) is 31.7 Å². The molecule has 23 heavy (non-hydrogen) atoms. The van der Waals surface area contributed by atoms with Crippen molar-refractivity contribution in [3.63, 3.8) is 0 Å². The molecule has 6 heteroatoms. The largest absolute Gasteiger partial charge is 0.379 e. The van der Waals surface area contributed by atoms with Crippen LogP contribution in [0.5, 0.6) is 0 Å². The molecule has 0 unspecified atom stereocenters. The Morgan fingerprint density at radius 3 is 2.70 bits per heavy atom. The number of morpholine rings is 1. The molecule has 6 nitrogen and oxygen atoms in total. The first-order valence-electron chi connectivity index (χ1n) is 7.99. The lowest BCUT2D eigenvalue weighted by molar-refractivity contribution is 0.0342. The number of imidazole rings is 1. The quantitative estimate of drug-likeness (QED) is 0.886. The fourth-order valence-electron chi connectivity index (χ4n) is 2.57. The molecule has 1 aliphatic rings. The lowest BCUT2D eigenvalue weighted by atomic mass is 10.2. The number of carbonyl (C=O) groups excluding carboxylic acids is 1. The smallest absolute Gasteiger partial charge is 0.273 e. The minimum atomic E-state index is -0.168. The summed E-state index contributed by atoms with van der Waals surface area (Å²) in [6, 6.07) is 7.97. The van der Waals surface area contributed by atoms with Gasteiger partial charge >= 0.3 is 0 Å². The molecule has 1 saturated heterocycles. The van der Waals surface area contributed by atoms with Crippen molar-refractivity contribution in [3.05, 3.63) is 47.5 Å². The predicted octanol–water partition coefficient (Wildman–Crippen LogP) is 2.06. The Morgan fingerprint density at radius 1 is 1.30 bits per heavy atom. The van der Waals surface area contributed by atoms with Crippen molar-refractivity contribution >= 4 is 11.6 Å². The number of rotatable bonds is 5. The normalized spacial score (nSPS) is 15.5. The van der Waals surface area contributed by atoms with E-state index in [0.29, 0.717) is 5.69 Å². The first-order valence-corrected chi connectivity index (χ1v) is 7.99. The highest BCUT2D eigenvalue weighted by atomic mass is 16.5.